The van der Waals surface area contributed by atoms with Crippen molar-refractivity contribution in [2.45, 2.75) is 38.9 Å². The minimum atomic E-state index is -0.453. The number of aliphatic hydroxyl groups excluding tert-OH is 1. The van der Waals surface area contributed by atoms with Gasteiger partial charge in [-0.05, 0) is 43.4 Å². The van der Waals surface area contributed by atoms with Crippen molar-refractivity contribution in [2.24, 2.45) is 23.2 Å². The smallest absolute Gasteiger partial charge is 0.160 e. The van der Waals surface area contributed by atoms with Crippen LogP contribution < -0.4 is 0 Å². The van der Waals surface area contributed by atoms with Crippen LogP contribution in [0.2, 0.25) is 0 Å². The molecule has 2 aliphatic carbocycles. The minimum absolute atomic E-state index is 0.169. The second kappa shape index (κ2) is 2.48. The highest BCUT2D eigenvalue weighted by molar-refractivity contribution is 5.05. The highest BCUT2D eigenvalue weighted by Crippen LogP contribution is 2.63. The Bertz CT molecular complexity index is 228. The maximum atomic E-state index is 9.90. The third-order valence-corrected chi connectivity index (χ3v) is 4.72. The van der Waals surface area contributed by atoms with E-state index in [0.29, 0.717) is 0 Å². The van der Waals surface area contributed by atoms with Crippen LogP contribution in [-0.4, -0.2) is 18.0 Å². The topological polar surface area (TPSA) is 29.5 Å². The van der Waals surface area contributed by atoms with Gasteiger partial charge in [0, 0.05) is 5.41 Å². The maximum absolute atomic E-state index is 9.90. The molecule has 2 nitrogen and oxygen atoms in total. The van der Waals surface area contributed by atoms with E-state index >= 15 is 0 Å². The van der Waals surface area contributed by atoms with Gasteiger partial charge in [0.2, 0.25) is 0 Å². The molecular formula is C11H18O2. The van der Waals surface area contributed by atoms with E-state index in [-0.39, 0.29) is 5.41 Å². The lowest BCUT2D eigenvalue weighted by molar-refractivity contribution is -0.139. The Balaban J connectivity index is 1.92. The van der Waals surface area contributed by atoms with Crippen LogP contribution in [0.3, 0.4) is 0 Å². The molecule has 1 aliphatic heterocycles. The number of ether oxygens (including phenoxy) is 1. The fraction of sp³-hybridized carbons (Fsp3) is 1.00. The zero-order valence-electron chi connectivity index (χ0n) is 8.20. The molecule has 5 unspecified atom stereocenters. The van der Waals surface area contributed by atoms with E-state index in [4.69, 9.17) is 4.74 Å². The number of hydrogen-bond donors (Lipinski definition) is 1. The molecule has 1 saturated heterocycles. The van der Waals surface area contributed by atoms with Gasteiger partial charge >= 0.3 is 0 Å². The average Bonchev–Trinajstić information content (AvgIpc) is 2.69. The van der Waals surface area contributed by atoms with Gasteiger partial charge in [0.05, 0.1) is 6.61 Å². The molecule has 0 radical (unpaired) electrons. The van der Waals surface area contributed by atoms with Crippen molar-refractivity contribution in [1.82, 2.24) is 0 Å². The van der Waals surface area contributed by atoms with Gasteiger partial charge in [-0.15, -0.1) is 0 Å². The van der Waals surface area contributed by atoms with E-state index in [1.807, 2.05) is 0 Å². The lowest BCUT2D eigenvalue weighted by Crippen LogP contribution is -2.39. The Hall–Kier alpha value is -0.0800. The number of rotatable bonds is 0. The van der Waals surface area contributed by atoms with Gasteiger partial charge in [0.15, 0.2) is 6.29 Å². The molecule has 2 bridgehead atoms. The molecule has 0 aromatic carbocycles. The first kappa shape index (κ1) is 8.25. The summed E-state index contributed by atoms with van der Waals surface area (Å²) in [5.41, 5.74) is 0.169. The lowest BCUT2D eigenvalue weighted by atomic mass is 9.67. The summed E-state index contributed by atoms with van der Waals surface area (Å²) < 4.78 is 5.35. The normalized spacial score (nSPS) is 59.5. The second-order valence-electron chi connectivity index (χ2n) is 5.33. The first-order valence-corrected chi connectivity index (χ1v) is 5.52. The minimum Gasteiger partial charge on any atom is -0.367 e. The summed E-state index contributed by atoms with van der Waals surface area (Å²) >= 11 is 0. The predicted octanol–water partition coefficient (Wildman–Crippen LogP) is 1.78. The van der Waals surface area contributed by atoms with Crippen molar-refractivity contribution in [3.63, 3.8) is 0 Å². The van der Waals surface area contributed by atoms with Crippen LogP contribution in [-0.2, 0) is 4.74 Å². The molecule has 1 N–H and O–H groups in total. The van der Waals surface area contributed by atoms with E-state index in [1.165, 1.54) is 19.3 Å². The molecule has 5 atom stereocenters. The summed E-state index contributed by atoms with van der Waals surface area (Å²) in [4.78, 5) is 0. The SMILES string of the molecule is CC1CC2CC1C1(CCOC1O)C2. The summed E-state index contributed by atoms with van der Waals surface area (Å²) in [7, 11) is 0. The van der Waals surface area contributed by atoms with Crippen LogP contribution in [0.15, 0.2) is 0 Å². The molecule has 1 heterocycles. The summed E-state index contributed by atoms with van der Waals surface area (Å²) in [5.74, 6) is 2.45. The average molecular weight is 182 g/mol. The number of hydrogen-bond acceptors (Lipinski definition) is 2. The molecule has 3 fully saturated rings. The van der Waals surface area contributed by atoms with Crippen molar-refractivity contribution in [2.75, 3.05) is 6.61 Å². The molecule has 13 heavy (non-hydrogen) atoms. The van der Waals surface area contributed by atoms with Crippen molar-refractivity contribution in [1.29, 1.82) is 0 Å². The Morgan fingerprint density at radius 2 is 2.23 bits per heavy atom. The molecule has 0 aromatic rings. The van der Waals surface area contributed by atoms with E-state index in [0.717, 1.165) is 30.8 Å². The predicted molar refractivity (Wildman–Crippen MR) is 49.0 cm³/mol. The van der Waals surface area contributed by atoms with Crippen LogP contribution in [0.25, 0.3) is 0 Å². The number of aliphatic hydroxyl groups is 1. The molecule has 3 aliphatic rings. The standard InChI is InChI=1S/C11H18O2/c1-7-4-8-5-9(7)11(6-8)2-3-13-10(11)12/h7-10,12H,2-6H2,1H3. The molecular weight excluding hydrogens is 164 g/mol. The Labute approximate surface area is 79.3 Å². The third-order valence-electron chi connectivity index (χ3n) is 4.72. The highest BCUT2D eigenvalue weighted by Gasteiger charge is 2.59. The largest absolute Gasteiger partial charge is 0.367 e. The second-order valence-corrected chi connectivity index (χ2v) is 5.33. The van der Waals surface area contributed by atoms with Gasteiger partial charge in [-0.1, -0.05) is 6.92 Å². The Morgan fingerprint density at radius 1 is 1.38 bits per heavy atom. The van der Waals surface area contributed by atoms with Crippen LogP contribution in [0.4, 0.5) is 0 Å². The molecule has 2 heteroatoms. The van der Waals surface area contributed by atoms with Crippen molar-refractivity contribution in [3.8, 4) is 0 Å². The van der Waals surface area contributed by atoms with Gasteiger partial charge in [-0.25, -0.2) is 0 Å². The molecule has 3 rings (SSSR count). The van der Waals surface area contributed by atoms with Crippen molar-refractivity contribution in [3.05, 3.63) is 0 Å². The zero-order chi connectivity index (χ0) is 9.05. The maximum Gasteiger partial charge on any atom is 0.160 e. The van der Waals surface area contributed by atoms with Crippen LogP contribution in [0.1, 0.15) is 32.6 Å². The molecule has 1 spiro atoms. The molecule has 2 saturated carbocycles. The first-order chi connectivity index (χ1) is 6.22. The highest BCUT2D eigenvalue weighted by atomic mass is 16.6. The Morgan fingerprint density at radius 3 is 2.77 bits per heavy atom. The van der Waals surface area contributed by atoms with Crippen LogP contribution >= 0.6 is 0 Å². The lowest BCUT2D eigenvalue weighted by Gasteiger charge is -2.38. The van der Waals surface area contributed by atoms with Crippen molar-refractivity contribution >= 4 is 0 Å². The number of fused-ring (bicyclic) bond motifs is 3. The fourth-order valence-electron chi connectivity index (χ4n) is 4.26. The summed E-state index contributed by atoms with van der Waals surface area (Å²) in [5, 5.41) is 9.90. The zero-order valence-corrected chi connectivity index (χ0v) is 8.20. The third kappa shape index (κ3) is 0.909. The van der Waals surface area contributed by atoms with E-state index < -0.39 is 6.29 Å². The van der Waals surface area contributed by atoms with Crippen molar-refractivity contribution < 1.29 is 9.84 Å². The van der Waals surface area contributed by atoms with Gasteiger partial charge in [0.1, 0.15) is 0 Å². The van der Waals surface area contributed by atoms with Gasteiger partial charge in [0.25, 0.3) is 0 Å². The first-order valence-electron chi connectivity index (χ1n) is 5.52. The monoisotopic (exact) mass is 182 g/mol. The Kier molecular flexibility index (Phi) is 1.58. The molecule has 74 valence electrons. The summed E-state index contributed by atoms with van der Waals surface area (Å²) in [6.45, 7) is 3.12. The van der Waals surface area contributed by atoms with Crippen LogP contribution in [0, 0.1) is 23.2 Å². The van der Waals surface area contributed by atoms with E-state index in [2.05, 4.69) is 6.92 Å². The van der Waals surface area contributed by atoms with Gasteiger partial charge in [-0.2, -0.15) is 0 Å². The van der Waals surface area contributed by atoms with Gasteiger partial charge in [-0.3, -0.25) is 0 Å². The van der Waals surface area contributed by atoms with Gasteiger partial charge < -0.3 is 9.84 Å². The van der Waals surface area contributed by atoms with Crippen LogP contribution in [0.5, 0.6) is 0 Å². The molecule has 0 amide bonds. The summed E-state index contributed by atoms with van der Waals surface area (Å²) in [6.07, 6.45) is 4.61. The quantitative estimate of drug-likeness (QED) is 0.618. The van der Waals surface area contributed by atoms with E-state index in [1.54, 1.807) is 0 Å². The molecule has 0 aromatic heterocycles. The van der Waals surface area contributed by atoms with E-state index in [9.17, 15) is 5.11 Å². The fourth-order valence-corrected chi connectivity index (χ4v) is 4.26. The summed E-state index contributed by atoms with van der Waals surface area (Å²) in [6, 6.07) is 0.